The van der Waals surface area contributed by atoms with Crippen molar-refractivity contribution in [2.45, 2.75) is 13.5 Å². The molecule has 120 valence electrons. The maximum Gasteiger partial charge on any atom is 0.271 e. The van der Waals surface area contributed by atoms with Crippen molar-refractivity contribution in [1.82, 2.24) is 0 Å². The van der Waals surface area contributed by atoms with Crippen molar-refractivity contribution in [2.24, 2.45) is 0 Å². The topological polar surface area (TPSA) is 55.6 Å². The minimum Gasteiger partial charge on any atom is -0.473 e. The molecule has 0 atom stereocenters. The number of non-ortho nitro benzene ring substituents is 1. The van der Waals surface area contributed by atoms with Crippen molar-refractivity contribution < 1.29 is 9.66 Å². The number of fused-ring (bicyclic) bond motifs is 3. The summed E-state index contributed by atoms with van der Waals surface area (Å²) in [6.45, 7) is 3.00. The number of anilines is 1. The number of nitro groups is 1. The average molecular weight is 320 g/mol. The van der Waals surface area contributed by atoms with E-state index in [0.717, 1.165) is 33.3 Å². The van der Waals surface area contributed by atoms with Crippen LogP contribution in [0.1, 0.15) is 11.1 Å². The lowest BCUT2D eigenvalue weighted by Crippen LogP contribution is -2.32. The Balaban J connectivity index is 1.78. The van der Waals surface area contributed by atoms with E-state index in [-0.39, 0.29) is 10.6 Å². The summed E-state index contributed by atoms with van der Waals surface area (Å²) in [4.78, 5) is 12.8. The van der Waals surface area contributed by atoms with E-state index in [1.807, 2.05) is 30.0 Å². The first kappa shape index (κ1) is 14.5. The molecule has 5 nitrogen and oxygen atoms in total. The normalized spacial score (nSPS) is 13.5. The Kier molecular flexibility index (Phi) is 3.34. The van der Waals surface area contributed by atoms with Gasteiger partial charge in [0.15, 0.2) is 6.73 Å². The van der Waals surface area contributed by atoms with Crippen LogP contribution in [-0.2, 0) is 6.54 Å². The molecule has 0 spiro atoms. The second-order valence-electron chi connectivity index (χ2n) is 5.96. The highest BCUT2D eigenvalue weighted by Gasteiger charge is 2.22. The van der Waals surface area contributed by atoms with Crippen LogP contribution < -0.4 is 9.64 Å². The second-order valence-corrected chi connectivity index (χ2v) is 5.96. The summed E-state index contributed by atoms with van der Waals surface area (Å²) in [5, 5.41) is 13.4. The predicted octanol–water partition coefficient (Wildman–Crippen LogP) is 4.41. The van der Waals surface area contributed by atoms with Crippen LogP contribution in [0.3, 0.4) is 0 Å². The Morgan fingerprint density at radius 1 is 1.12 bits per heavy atom. The van der Waals surface area contributed by atoms with E-state index in [1.165, 1.54) is 6.07 Å². The lowest BCUT2D eigenvalue weighted by atomic mass is 10.0. The van der Waals surface area contributed by atoms with Crippen LogP contribution in [0.15, 0.2) is 54.6 Å². The lowest BCUT2D eigenvalue weighted by molar-refractivity contribution is -0.384. The van der Waals surface area contributed by atoms with E-state index in [9.17, 15) is 10.1 Å². The van der Waals surface area contributed by atoms with Gasteiger partial charge in [-0.25, -0.2) is 0 Å². The molecule has 0 N–H and O–H groups in total. The molecule has 1 aliphatic heterocycles. The second kappa shape index (κ2) is 5.53. The van der Waals surface area contributed by atoms with Gasteiger partial charge in [0.1, 0.15) is 5.75 Å². The maximum absolute atomic E-state index is 11.1. The highest BCUT2D eigenvalue weighted by atomic mass is 16.6. The Labute approximate surface area is 139 Å². The smallest absolute Gasteiger partial charge is 0.271 e. The van der Waals surface area contributed by atoms with E-state index in [1.54, 1.807) is 12.1 Å². The molecule has 0 aromatic heterocycles. The molecular weight excluding hydrogens is 304 g/mol. The van der Waals surface area contributed by atoms with Crippen molar-refractivity contribution >= 4 is 22.1 Å². The average Bonchev–Trinajstić information content (AvgIpc) is 2.61. The first-order valence-electron chi connectivity index (χ1n) is 7.77. The predicted molar refractivity (Wildman–Crippen MR) is 93.5 cm³/mol. The zero-order valence-corrected chi connectivity index (χ0v) is 13.2. The minimum absolute atomic E-state index is 0.0966. The first-order chi connectivity index (χ1) is 11.6. The van der Waals surface area contributed by atoms with Gasteiger partial charge in [0, 0.05) is 23.4 Å². The van der Waals surface area contributed by atoms with Crippen molar-refractivity contribution in [3.63, 3.8) is 0 Å². The summed E-state index contributed by atoms with van der Waals surface area (Å²) >= 11 is 0. The summed E-state index contributed by atoms with van der Waals surface area (Å²) in [6.07, 6.45) is 0. The number of nitrogens with zero attached hydrogens (tertiary/aromatic N) is 2. The van der Waals surface area contributed by atoms with Crippen LogP contribution in [0.25, 0.3) is 10.8 Å². The van der Waals surface area contributed by atoms with E-state index in [4.69, 9.17) is 4.74 Å². The van der Waals surface area contributed by atoms with Crippen LogP contribution >= 0.6 is 0 Å². The number of aryl methyl sites for hydroxylation is 1. The van der Waals surface area contributed by atoms with Crippen molar-refractivity contribution in [3.8, 4) is 5.75 Å². The van der Waals surface area contributed by atoms with Gasteiger partial charge in [0.25, 0.3) is 5.69 Å². The fraction of sp³-hybridized carbons (Fsp3) is 0.158. The molecule has 24 heavy (non-hydrogen) atoms. The van der Waals surface area contributed by atoms with Crippen LogP contribution in [0.5, 0.6) is 5.75 Å². The zero-order chi connectivity index (χ0) is 16.7. The summed E-state index contributed by atoms with van der Waals surface area (Å²) in [5.74, 6) is 0.882. The quantitative estimate of drug-likeness (QED) is 0.518. The maximum atomic E-state index is 11.1. The Morgan fingerprint density at radius 3 is 2.79 bits per heavy atom. The number of ether oxygens (including phenoxy) is 1. The molecule has 0 saturated heterocycles. The Hall–Kier alpha value is -3.08. The molecule has 0 amide bonds. The molecule has 5 heteroatoms. The summed E-state index contributed by atoms with van der Waals surface area (Å²) in [7, 11) is 0. The SMILES string of the molecule is Cc1ccc([N+](=O)[O-])cc1N1COc2ccc3ccccc3c2C1. The molecule has 0 bridgehead atoms. The molecule has 0 fully saturated rings. The van der Waals surface area contributed by atoms with Gasteiger partial charge in [-0.2, -0.15) is 0 Å². The van der Waals surface area contributed by atoms with Gasteiger partial charge in [-0.1, -0.05) is 36.4 Å². The molecule has 4 rings (SSSR count). The Morgan fingerprint density at radius 2 is 1.96 bits per heavy atom. The third-order valence-electron chi connectivity index (χ3n) is 4.47. The molecule has 3 aromatic carbocycles. The number of hydrogen-bond donors (Lipinski definition) is 0. The van der Waals surface area contributed by atoms with Crippen molar-refractivity contribution in [3.05, 3.63) is 75.8 Å². The highest BCUT2D eigenvalue weighted by Crippen LogP contribution is 2.35. The fourth-order valence-electron chi connectivity index (χ4n) is 3.20. The van der Waals surface area contributed by atoms with Gasteiger partial charge in [-0.3, -0.25) is 10.1 Å². The van der Waals surface area contributed by atoms with Crippen LogP contribution in [0.4, 0.5) is 11.4 Å². The summed E-state index contributed by atoms with van der Waals surface area (Å²) < 4.78 is 5.91. The fourth-order valence-corrected chi connectivity index (χ4v) is 3.20. The van der Waals surface area contributed by atoms with Crippen molar-refractivity contribution in [2.75, 3.05) is 11.6 Å². The number of rotatable bonds is 2. The summed E-state index contributed by atoms with van der Waals surface area (Å²) in [6, 6.07) is 17.2. The largest absolute Gasteiger partial charge is 0.473 e. The number of nitro benzene ring substituents is 1. The molecule has 1 heterocycles. The zero-order valence-electron chi connectivity index (χ0n) is 13.2. The van der Waals surface area contributed by atoms with E-state index in [0.29, 0.717) is 13.3 Å². The number of hydrogen-bond acceptors (Lipinski definition) is 4. The van der Waals surface area contributed by atoms with Crippen LogP contribution in [-0.4, -0.2) is 11.7 Å². The van der Waals surface area contributed by atoms with E-state index >= 15 is 0 Å². The molecule has 0 unspecified atom stereocenters. The minimum atomic E-state index is -0.364. The third kappa shape index (κ3) is 2.34. The van der Waals surface area contributed by atoms with Gasteiger partial charge >= 0.3 is 0 Å². The summed E-state index contributed by atoms with van der Waals surface area (Å²) in [5.41, 5.74) is 3.04. The lowest BCUT2D eigenvalue weighted by Gasteiger charge is -2.32. The molecular formula is C19H16N2O3. The molecule has 1 aliphatic rings. The van der Waals surface area contributed by atoms with Gasteiger partial charge in [0.05, 0.1) is 11.5 Å². The Bertz CT molecular complexity index is 952. The first-order valence-corrected chi connectivity index (χ1v) is 7.77. The third-order valence-corrected chi connectivity index (χ3v) is 4.47. The molecule has 0 aliphatic carbocycles. The molecule has 0 radical (unpaired) electrons. The van der Waals surface area contributed by atoms with Gasteiger partial charge in [0.2, 0.25) is 0 Å². The van der Waals surface area contributed by atoms with Crippen LogP contribution in [0.2, 0.25) is 0 Å². The van der Waals surface area contributed by atoms with Gasteiger partial charge in [-0.05, 0) is 29.3 Å². The van der Waals surface area contributed by atoms with Crippen LogP contribution in [0, 0.1) is 17.0 Å². The highest BCUT2D eigenvalue weighted by molar-refractivity contribution is 5.88. The molecule has 0 saturated carbocycles. The number of benzene rings is 3. The van der Waals surface area contributed by atoms with Gasteiger partial charge in [-0.15, -0.1) is 0 Å². The molecule has 3 aromatic rings. The monoisotopic (exact) mass is 320 g/mol. The van der Waals surface area contributed by atoms with Crippen molar-refractivity contribution in [1.29, 1.82) is 0 Å². The van der Waals surface area contributed by atoms with E-state index < -0.39 is 0 Å². The van der Waals surface area contributed by atoms with Gasteiger partial charge < -0.3 is 9.64 Å². The standard InChI is InChI=1S/C19H16N2O3/c1-13-6-8-15(21(22)23)10-18(13)20-11-17-16-5-3-2-4-14(16)7-9-19(17)24-12-20/h2-10H,11-12H2,1H3. The van der Waals surface area contributed by atoms with E-state index in [2.05, 4.69) is 18.2 Å².